The van der Waals surface area contributed by atoms with E-state index in [9.17, 15) is 29.1 Å². The Hall–Kier alpha value is -2.73. The molecule has 0 aromatic heterocycles. The molecule has 12 nitrogen and oxygen atoms in total. The third kappa shape index (κ3) is 12.2. The van der Waals surface area contributed by atoms with Crippen LogP contribution in [0.1, 0.15) is 54.4 Å². The fourth-order valence-electron chi connectivity index (χ4n) is 2.48. The molecule has 0 aromatic carbocycles. The number of carboxylic acids is 1. The Bertz CT molecular complexity index is 640. The van der Waals surface area contributed by atoms with Crippen LogP contribution in [-0.4, -0.2) is 58.9 Å². The van der Waals surface area contributed by atoms with Crippen molar-refractivity contribution in [1.82, 2.24) is 10.6 Å². The second-order valence-electron chi connectivity index (χ2n) is 8.41. The lowest BCUT2D eigenvalue weighted by molar-refractivity contribution is -0.144. The predicted molar refractivity (Wildman–Crippen MR) is 120 cm³/mol. The van der Waals surface area contributed by atoms with Crippen LogP contribution in [0, 0.1) is 17.8 Å². The Morgan fingerprint density at radius 1 is 0.875 bits per heavy atom. The summed E-state index contributed by atoms with van der Waals surface area (Å²) >= 11 is 0. The molecule has 0 heterocycles. The minimum atomic E-state index is -1.60. The molecule has 4 atom stereocenters. The summed E-state index contributed by atoms with van der Waals surface area (Å²) in [5.41, 5.74) is 21.4. The summed E-state index contributed by atoms with van der Waals surface area (Å²) in [6.45, 7) is 11.1. The quantitative estimate of drug-likeness (QED) is 0.209. The van der Waals surface area contributed by atoms with E-state index >= 15 is 0 Å². The van der Waals surface area contributed by atoms with Gasteiger partial charge in [-0.25, -0.2) is 4.79 Å². The molecule has 0 aliphatic carbocycles. The van der Waals surface area contributed by atoms with Crippen molar-refractivity contribution in [3.8, 4) is 0 Å². The Balaban J connectivity index is 0. The number of carboxylic acid groups (broad SMARTS) is 1. The molecule has 0 saturated heterocycles. The van der Waals surface area contributed by atoms with Crippen LogP contribution in [0.15, 0.2) is 0 Å². The molecule has 32 heavy (non-hydrogen) atoms. The monoisotopic (exact) mass is 459 g/mol. The molecule has 0 aliphatic heterocycles. The average Bonchev–Trinajstić information content (AvgIpc) is 2.67. The van der Waals surface area contributed by atoms with E-state index in [4.69, 9.17) is 11.5 Å². The maximum Gasteiger partial charge on any atom is 0.326 e. The maximum absolute atomic E-state index is 12.5. The van der Waals surface area contributed by atoms with E-state index < -0.39 is 53.8 Å². The van der Waals surface area contributed by atoms with Crippen LogP contribution < -0.4 is 27.8 Å². The molecule has 0 aliphatic rings. The van der Waals surface area contributed by atoms with Crippen LogP contribution in [0.2, 0.25) is 0 Å². The zero-order chi connectivity index (χ0) is 25.8. The highest BCUT2D eigenvalue weighted by Crippen LogP contribution is 2.11. The summed E-state index contributed by atoms with van der Waals surface area (Å²) in [7, 11) is 0. The summed E-state index contributed by atoms with van der Waals surface area (Å²) in [5, 5.41) is 14.5. The van der Waals surface area contributed by atoms with E-state index in [0.29, 0.717) is 12.8 Å². The van der Waals surface area contributed by atoms with Crippen molar-refractivity contribution in [2.75, 3.05) is 0 Å². The number of hydrogen-bond donors (Lipinski definition) is 6. The van der Waals surface area contributed by atoms with Crippen molar-refractivity contribution < 1.29 is 29.1 Å². The SMILES string of the molecule is CC[C@H](C)[C@H](NC(=O)[C@@H](NC(=O)[C@@H](N)CC(C)C)C(C)C)C(=O)O.[NH-]C(C(N)=O)C(N)=O. The normalized spacial score (nSPS) is 14.6. The van der Waals surface area contributed by atoms with Gasteiger partial charge in [-0.15, -0.1) is 0 Å². The molecule has 0 fully saturated rings. The van der Waals surface area contributed by atoms with Gasteiger partial charge in [0, 0.05) is 6.04 Å². The van der Waals surface area contributed by atoms with Crippen molar-refractivity contribution in [2.45, 2.75) is 78.6 Å². The molecule has 0 rings (SSSR count). The number of nitrogens with one attached hydrogen (secondary N) is 3. The summed E-state index contributed by atoms with van der Waals surface area (Å²) in [4.78, 5) is 55.8. The Labute approximate surface area is 189 Å². The first-order chi connectivity index (χ1) is 14.6. The second-order valence-corrected chi connectivity index (χ2v) is 8.41. The van der Waals surface area contributed by atoms with E-state index in [0.717, 1.165) is 0 Å². The highest BCUT2D eigenvalue weighted by Gasteiger charge is 2.31. The number of primary amides is 2. The number of nitrogens with two attached hydrogens (primary N) is 3. The van der Waals surface area contributed by atoms with Crippen molar-refractivity contribution in [3.63, 3.8) is 0 Å². The predicted octanol–water partition coefficient (Wildman–Crippen LogP) is -0.506. The molecule has 0 bridgehead atoms. The zero-order valence-electron chi connectivity index (χ0n) is 19.7. The van der Waals surface area contributed by atoms with Crippen LogP contribution in [0.5, 0.6) is 0 Å². The molecule has 12 heteroatoms. The van der Waals surface area contributed by atoms with Crippen molar-refractivity contribution in [2.24, 2.45) is 35.0 Å². The van der Waals surface area contributed by atoms with Crippen LogP contribution >= 0.6 is 0 Å². The van der Waals surface area contributed by atoms with Crippen molar-refractivity contribution in [3.05, 3.63) is 5.73 Å². The Kier molecular flexibility index (Phi) is 14.9. The molecule has 0 radical (unpaired) electrons. The number of carbonyl (C=O) groups excluding carboxylic acids is 4. The molecule has 10 N–H and O–H groups in total. The van der Waals surface area contributed by atoms with E-state index in [1.54, 1.807) is 20.8 Å². The van der Waals surface area contributed by atoms with E-state index in [2.05, 4.69) is 22.1 Å². The third-order valence-electron chi connectivity index (χ3n) is 4.65. The summed E-state index contributed by atoms with van der Waals surface area (Å²) in [5.74, 6) is -4.14. The maximum atomic E-state index is 12.5. The zero-order valence-corrected chi connectivity index (χ0v) is 19.7. The van der Waals surface area contributed by atoms with Crippen LogP contribution in [0.4, 0.5) is 0 Å². The topological polar surface area (TPSA) is 232 Å². The third-order valence-corrected chi connectivity index (χ3v) is 4.65. The van der Waals surface area contributed by atoms with Gasteiger partial charge in [-0.2, -0.15) is 0 Å². The Morgan fingerprint density at radius 3 is 1.59 bits per heavy atom. The van der Waals surface area contributed by atoms with Gasteiger partial charge < -0.3 is 38.7 Å². The standard InChI is InChI=1S/C17H33N3O4.C3H6N3O2/c1-7-11(6)14(17(23)24)20-16(22)13(10(4)5)19-15(21)12(18)8-9(2)3;4-1(2(5)7)3(6)8/h9-14H,7-8,18H2,1-6H3,(H,19,21)(H,20,22)(H,23,24);1,4H,(H2,5,7)(H2,6,8)/q;-1/t11-,12-,13-,14-;/m0./s1. The highest BCUT2D eigenvalue weighted by molar-refractivity contribution is 6.04. The lowest BCUT2D eigenvalue weighted by Gasteiger charge is -2.27. The largest absolute Gasteiger partial charge is 0.659 e. The van der Waals surface area contributed by atoms with Crippen LogP contribution in [0.3, 0.4) is 0 Å². The van der Waals surface area contributed by atoms with E-state index in [1.165, 1.54) is 0 Å². The lowest BCUT2D eigenvalue weighted by Crippen LogP contribution is -2.57. The van der Waals surface area contributed by atoms with Gasteiger partial charge in [-0.1, -0.05) is 48.0 Å². The fraction of sp³-hybridized carbons (Fsp3) is 0.750. The average molecular weight is 460 g/mol. The van der Waals surface area contributed by atoms with Crippen LogP contribution in [-0.2, 0) is 24.0 Å². The van der Waals surface area contributed by atoms with Gasteiger partial charge in [0.05, 0.1) is 6.04 Å². The highest BCUT2D eigenvalue weighted by atomic mass is 16.4. The summed E-state index contributed by atoms with van der Waals surface area (Å²) in [6, 6.07) is -4.09. The van der Waals surface area contributed by atoms with Gasteiger partial charge in [-0.3, -0.25) is 19.2 Å². The molecule has 4 amide bonds. The number of rotatable bonds is 12. The fourth-order valence-corrected chi connectivity index (χ4v) is 2.48. The van der Waals surface area contributed by atoms with E-state index in [1.807, 2.05) is 20.8 Å². The van der Waals surface area contributed by atoms with Gasteiger partial charge in [0.2, 0.25) is 23.6 Å². The summed E-state index contributed by atoms with van der Waals surface area (Å²) < 4.78 is 0. The minimum absolute atomic E-state index is 0.188. The van der Waals surface area contributed by atoms with Gasteiger partial charge in [-0.05, 0) is 24.2 Å². The van der Waals surface area contributed by atoms with E-state index in [-0.39, 0.29) is 17.8 Å². The van der Waals surface area contributed by atoms with Gasteiger partial charge in [0.25, 0.3) is 0 Å². The van der Waals surface area contributed by atoms with Crippen LogP contribution in [0.25, 0.3) is 5.73 Å². The first kappa shape index (κ1) is 31.5. The molecule has 0 unspecified atom stereocenters. The molecular weight excluding hydrogens is 420 g/mol. The number of carbonyl (C=O) groups is 5. The molecule has 0 spiro atoms. The molecule has 186 valence electrons. The summed E-state index contributed by atoms with van der Waals surface area (Å²) in [6.07, 6.45) is 1.14. The van der Waals surface area contributed by atoms with Gasteiger partial charge >= 0.3 is 5.97 Å². The van der Waals surface area contributed by atoms with Crippen molar-refractivity contribution in [1.29, 1.82) is 0 Å². The first-order valence-electron chi connectivity index (χ1n) is 10.4. The molecule has 0 saturated carbocycles. The van der Waals surface area contributed by atoms with Crippen molar-refractivity contribution >= 4 is 29.6 Å². The lowest BCUT2D eigenvalue weighted by atomic mass is 9.97. The number of amides is 4. The second kappa shape index (κ2) is 15.1. The molecular formula is C20H39N6O6-. The smallest absolute Gasteiger partial charge is 0.326 e. The first-order valence-corrected chi connectivity index (χ1v) is 10.4. The minimum Gasteiger partial charge on any atom is -0.659 e. The number of hydrogen-bond acceptors (Lipinski definition) is 6. The van der Waals surface area contributed by atoms with Gasteiger partial charge in [0.15, 0.2) is 0 Å². The Morgan fingerprint density at radius 2 is 1.31 bits per heavy atom. The molecule has 0 aromatic rings. The number of aliphatic carboxylic acids is 1. The van der Waals surface area contributed by atoms with Gasteiger partial charge in [0.1, 0.15) is 12.1 Å².